The number of hydrogen-bond donors (Lipinski definition) is 1. The Bertz CT molecular complexity index is 440. The molecule has 2 rings (SSSR count). The molecule has 0 spiro atoms. The highest BCUT2D eigenvalue weighted by atomic mass is 16.5. The first-order valence-electron chi connectivity index (χ1n) is 9.21. The summed E-state index contributed by atoms with van der Waals surface area (Å²) in [6.07, 6.45) is 9.09. The third-order valence-electron chi connectivity index (χ3n) is 4.73. The molecule has 0 radical (unpaired) electrons. The van der Waals surface area contributed by atoms with E-state index in [2.05, 4.69) is 29.6 Å². The summed E-state index contributed by atoms with van der Waals surface area (Å²) in [6, 6.07) is 10.6. The average molecular weight is 317 g/mol. The Morgan fingerprint density at radius 1 is 1.22 bits per heavy atom. The van der Waals surface area contributed by atoms with E-state index in [0.717, 1.165) is 25.4 Å². The zero-order chi connectivity index (χ0) is 16.3. The van der Waals surface area contributed by atoms with Gasteiger partial charge in [0.05, 0.1) is 6.04 Å². The summed E-state index contributed by atoms with van der Waals surface area (Å²) in [5.41, 5.74) is 1.23. The van der Waals surface area contributed by atoms with Crippen LogP contribution >= 0.6 is 0 Å². The maximum Gasteiger partial charge on any atom is 0.220 e. The van der Waals surface area contributed by atoms with Gasteiger partial charge in [-0.1, -0.05) is 62.4 Å². The van der Waals surface area contributed by atoms with Crippen LogP contribution in [0.2, 0.25) is 0 Å². The maximum absolute atomic E-state index is 12.3. The molecule has 128 valence electrons. The zero-order valence-electron chi connectivity index (χ0n) is 14.4. The van der Waals surface area contributed by atoms with Crippen molar-refractivity contribution in [2.75, 3.05) is 13.2 Å². The van der Waals surface area contributed by atoms with Gasteiger partial charge in [0.1, 0.15) is 0 Å². The maximum atomic E-state index is 12.3. The van der Waals surface area contributed by atoms with E-state index in [4.69, 9.17) is 4.74 Å². The van der Waals surface area contributed by atoms with Gasteiger partial charge in [-0.3, -0.25) is 4.79 Å². The first kappa shape index (κ1) is 18.0. The van der Waals surface area contributed by atoms with Gasteiger partial charge < -0.3 is 10.1 Å². The molecule has 1 atom stereocenters. The van der Waals surface area contributed by atoms with E-state index in [1.807, 2.05) is 13.0 Å². The van der Waals surface area contributed by atoms with Gasteiger partial charge in [-0.25, -0.2) is 0 Å². The van der Waals surface area contributed by atoms with E-state index >= 15 is 0 Å². The summed E-state index contributed by atoms with van der Waals surface area (Å²) in [5.74, 6) is 0.895. The van der Waals surface area contributed by atoms with Crippen molar-refractivity contribution < 1.29 is 9.53 Å². The molecule has 0 aromatic heterocycles. The molecule has 1 aliphatic carbocycles. The molecule has 0 heterocycles. The summed E-state index contributed by atoms with van der Waals surface area (Å²) in [6.45, 7) is 3.37. The predicted octanol–water partition coefficient (Wildman–Crippen LogP) is 4.63. The molecule has 23 heavy (non-hydrogen) atoms. The molecule has 1 fully saturated rings. The monoisotopic (exact) mass is 317 g/mol. The molecular formula is C20H31NO2. The van der Waals surface area contributed by atoms with Crippen molar-refractivity contribution in [2.24, 2.45) is 5.92 Å². The Balaban J connectivity index is 1.89. The van der Waals surface area contributed by atoms with Crippen LogP contribution in [0.4, 0.5) is 0 Å². The zero-order valence-corrected chi connectivity index (χ0v) is 14.4. The number of ether oxygens (including phenoxy) is 1. The Labute approximate surface area is 140 Å². The third kappa shape index (κ3) is 6.74. The van der Waals surface area contributed by atoms with Crippen LogP contribution in [-0.4, -0.2) is 19.1 Å². The minimum Gasteiger partial charge on any atom is -0.382 e. The van der Waals surface area contributed by atoms with Crippen LogP contribution in [0.1, 0.15) is 69.9 Å². The van der Waals surface area contributed by atoms with E-state index in [9.17, 15) is 4.79 Å². The van der Waals surface area contributed by atoms with Crippen LogP contribution < -0.4 is 5.32 Å². The molecule has 1 N–H and O–H groups in total. The second-order valence-corrected chi connectivity index (χ2v) is 6.57. The Kier molecular flexibility index (Phi) is 8.16. The first-order valence-corrected chi connectivity index (χ1v) is 9.21. The van der Waals surface area contributed by atoms with Crippen molar-refractivity contribution in [3.05, 3.63) is 35.9 Å². The van der Waals surface area contributed by atoms with Gasteiger partial charge in [-0.2, -0.15) is 0 Å². The SMILES string of the molecule is CCOCCCC(=O)NC(CC1CCCCC1)c1ccccc1. The summed E-state index contributed by atoms with van der Waals surface area (Å²) < 4.78 is 5.32. The van der Waals surface area contributed by atoms with Crippen LogP contribution in [-0.2, 0) is 9.53 Å². The summed E-state index contributed by atoms with van der Waals surface area (Å²) in [5, 5.41) is 3.26. The predicted molar refractivity (Wildman–Crippen MR) is 94.2 cm³/mol. The van der Waals surface area contributed by atoms with Crippen molar-refractivity contribution in [1.82, 2.24) is 5.32 Å². The minimum atomic E-state index is 0.148. The Morgan fingerprint density at radius 2 is 1.96 bits per heavy atom. The second kappa shape index (κ2) is 10.4. The van der Waals surface area contributed by atoms with E-state index in [-0.39, 0.29) is 11.9 Å². The molecule has 1 aromatic carbocycles. The van der Waals surface area contributed by atoms with Gasteiger partial charge in [0, 0.05) is 19.6 Å². The first-order chi connectivity index (χ1) is 11.3. The van der Waals surface area contributed by atoms with Gasteiger partial charge in [0.2, 0.25) is 5.91 Å². The smallest absolute Gasteiger partial charge is 0.220 e. The lowest BCUT2D eigenvalue weighted by Crippen LogP contribution is -2.30. The lowest BCUT2D eigenvalue weighted by atomic mass is 9.83. The molecular weight excluding hydrogens is 286 g/mol. The van der Waals surface area contributed by atoms with Crippen LogP contribution in [0.5, 0.6) is 0 Å². The normalized spacial score (nSPS) is 16.9. The Hall–Kier alpha value is -1.35. The number of carbonyl (C=O) groups is 1. The molecule has 0 aliphatic heterocycles. The van der Waals surface area contributed by atoms with Crippen LogP contribution in [0, 0.1) is 5.92 Å². The van der Waals surface area contributed by atoms with Gasteiger partial charge in [0.15, 0.2) is 0 Å². The molecule has 1 saturated carbocycles. The quantitative estimate of drug-likeness (QED) is 0.674. The van der Waals surface area contributed by atoms with E-state index in [0.29, 0.717) is 13.0 Å². The molecule has 1 aromatic rings. The van der Waals surface area contributed by atoms with Gasteiger partial charge in [0.25, 0.3) is 0 Å². The van der Waals surface area contributed by atoms with Crippen LogP contribution in [0.15, 0.2) is 30.3 Å². The third-order valence-corrected chi connectivity index (χ3v) is 4.73. The standard InChI is InChI=1S/C20H31NO2/c1-2-23-15-9-14-20(22)21-19(18-12-7-4-8-13-18)16-17-10-5-3-6-11-17/h4,7-8,12-13,17,19H,2-3,5-6,9-11,14-16H2,1H3,(H,21,22). The molecule has 0 saturated heterocycles. The fraction of sp³-hybridized carbons (Fsp3) is 0.650. The van der Waals surface area contributed by atoms with Crippen molar-refractivity contribution in [2.45, 2.75) is 64.3 Å². The fourth-order valence-electron chi connectivity index (χ4n) is 3.47. The van der Waals surface area contributed by atoms with E-state index in [1.165, 1.54) is 37.7 Å². The molecule has 3 nitrogen and oxygen atoms in total. The van der Waals surface area contributed by atoms with E-state index in [1.54, 1.807) is 0 Å². The van der Waals surface area contributed by atoms with Crippen molar-refractivity contribution in [3.8, 4) is 0 Å². The number of benzene rings is 1. The molecule has 3 heteroatoms. The number of carbonyl (C=O) groups excluding carboxylic acids is 1. The van der Waals surface area contributed by atoms with Gasteiger partial charge in [-0.15, -0.1) is 0 Å². The number of nitrogens with one attached hydrogen (secondary N) is 1. The van der Waals surface area contributed by atoms with Crippen LogP contribution in [0.25, 0.3) is 0 Å². The number of amides is 1. The molecule has 1 aliphatic rings. The topological polar surface area (TPSA) is 38.3 Å². The fourth-order valence-corrected chi connectivity index (χ4v) is 3.47. The molecule has 1 unspecified atom stereocenters. The van der Waals surface area contributed by atoms with Crippen molar-refractivity contribution >= 4 is 5.91 Å². The highest BCUT2D eigenvalue weighted by Crippen LogP contribution is 2.31. The highest BCUT2D eigenvalue weighted by molar-refractivity contribution is 5.76. The summed E-state index contributed by atoms with van der Waals surface area (Å²) in [7, 11) is 0. The van der Waals surface area contributed by atoms with Crippen molar-refractivity contribution in [3.63, 3.8) is 0 Å². The largest absolute Gasteiger partial charge is 0.382 e. The number of rotatable bonds is 9. The van der Waals surface area contributed by atoms with E-state index < -0.39 is 0 Å². The van der Waals surface area contributed by atoms with Gasteiger partial charge in [-0.05, 0) is 31.2 Å². The number of hydrogen-bond acceptors (Lipinski definition) is 2. The highest BCUT2D eigenvalue weighted by Gasteiger charge is 2.21. The Morgan fingerprint density at radius 3 is 2.65 bits per heavy atom. The van der Waals surface area contributed by atoms with Gasteiger partial charge >= 0.3 is 0 Å². The summed E-state index contributed by atoms with van der Waals surface area (Å²) >= 11 is 0. The van der Waals surface area contributed by atoms with Crippen molar-refractivity contribution in [1.29, 1.82) is 0 Å². The van der Waals surface area contributed by atoms with Crippen LogP contribution in [0.3, 0.4) is 0 Å². The second-order valence-electron chi connectivity index (χ2n) is 6.57. The lowest BCUT2D eigenvalue weighted by molar-refractivity contribution is -0.122. The molecule has 0 bridgehead atoms. The lowest BCUT2D eigenvalue weighted by Gasteiger charge is -2.27. The summed E-state index contributed by atoms with van der Waals surface area (Å²) in [4.78, 5) is 12.3. The minimum absolute atomic E-state index is 0.148. The molecule has 1 amide bonds. The average Bonchev–Trinajstić information content (AvgIpc) is 2.60.